The van der Waals surface area contributed by atoms with Crippen LogP contribution in [0.4, 0.5) is 20.6 Å². The maximum absolute atomic E-state index is 14.2. The molecule has 206 valence electrons. The number of tetrazole rings is 1. The summed E-state index contributed by atoms with van der Waals surface area (Å²) in [5, 5.41) is 20.0. The molecule has 0 spiro atoms. The Morgan fingerprint density at radius 2 is 1.66 bits per heavy atom. The van der Waals surface area contributed by atoms with Gasteiger partial charge in [-0.3, -0.25) is 0 Å². The quantitative estimate of drug-likeness (QED) is 0.169. The highest BCUT2D eigenvalue weighted by atomic mass is 19.1. The van der Waals surface area contributed by atoms with Gasteiger partial charge < -0.3 is 15.4 Å². The number of nitrogens with one attached hydrogen (secondary N) is 3. The number of carbonyl (C=O) groups is 1. The number of halogens is 1. The highest BCUT2D eigenvalue weighted by Gasteiger charge is 2.18. The van der Waals surface area contributed by atoms with E-state index in [1.54, 1.807) is 12.1 Å². The molecule has 1 aromatic heterocycles. The number of aromatic nitrogens is 4. The highest BCUT2D eigenvalue weighted by molar-refractivity contribution is 6.01. The van der Waals surface area contributed by atoms with E-state index in [1.807, 2.05) is 79.7 Å². The van der Waals surface area contributed by atoms with E-state index in [9.17, 15) is 9.18 Å². The summed E-state index contributed by atoms with van der Waals surface area (Å²) in [6.45, 7) is 2.47. The number of hydrogen-bond donors (Lipinski definition) is 3. The van der Waals surface area contributed by atoms with Crippen LogP contribution in [0.5, 0.6) is 5.75 Å². The molecule has 1 heterocycles. The van der Waals surface area contributed by atoms with E-state index < -0.39 is 11.8 Å². The zero-order chi connectivity index (χ0) is 28.4. The molecule has 0 aliphatic rings. The first-order valence-corrected chi connectivity index (χ1v) is 13.3. The molecular weight excluding hydrogens is 519 g/mol. The Morgan fingerprint density at radius 3 is 2.41 bits per heavy atom. The zero-order valence-corrected chi connectivity index (χ0v) is 22.5. The van der Waals surface area contributed by atoms with Gasteiger partial charge in [0.15, 0.2) is 0 Å². The molecule has 2 amide bonds. The van der Waals surface area contributed by atoms with Crippen LogP contribution in [0.2, 0.25) is 0 Å². The summed E-state index contributed by atoms with van der Waals surface area (Å²) in [5.41, 5.74) is 4.91. The topological polar surface area (TPSA) is 105 Å². The van der Waals surface area contributed by atoms with Crippen LogP contribution in [0.15, 0.2) is 97.1 Å². The van der Waals surface area contributed by atoms with Gasteiger partial charge in [-0.1, -0.05) is 85.8 Å². The van der Waals surface area contributed by atoms with Gasteiger partial charge in [-0.2, -0.15) is 5.21 Å². The lowest BCUT2D eigenvalue weighted by atomic mass is 9.95. The minimum atomic E-state index is -0.592. The fourth-order valence-electron chi connectivity index (χ4n) is 4.39. The second-order valence-corrected chi connectivity index (χ2v) is 9.22. The van der Waals surface area contributed by atoms with E-state index >= 15 is 0 Å². The average Bonchev–Trinajstić information content (AvgIpc) is 3.53. The summed E-state index contributed by atoms with van der Waals surface area (Å²) >= 11 is 0. The van der Waals surface area contributed by atoms with Crippen molar-refractivity contribution >= 4 is 23.5 Å². The molecule has 0 bridgehead atoms. The molecule has 0 saturated carbocycles. The van der Waals surface area contributed by atoms with Crippen molar-refractivity contribution in [3.05, 3.63) is 114 Å². The van der Waals surface area contributed by atoms with Gasteiger partial charge in [-0.05, 0) is 59.0 Å². The second kappa shape index (κ2) is 13.2. The number of para-hydroxylation sites is 1. The molecule has 0 atom stereocenters. The Morgan fingerprint density at radius 1 is 0.927 bits per heavy atom. The van der Waals surface area contributed by atoms with E-state index in [0.717, 1.165) is 34.2 Å². The molecular formula is C32H29FN6O2. The largest absolute Gasteiger partial charge is 0.491 e. The Hall–Kier alpha value is -5.31. The van der Waals surface area contributed by atoms with E-state index in [-0.39, 0.29) is 5.69 Å². The van der Waals surface area contributed by atoms with Crippen molar-refractivity contribution in [1.29, 1.82) is 0 Å². The predicted molar refractivity (Wildman–Crippen MR) is 159 cm³/mol. The summed E-state index contributed by atoms with van der Waals surface area (Å²) < 4.78 is 20.4. The van der Waals surface area contributed by atoms with Crippen molar-refractivity contribution in [3.63, 3.8) is 0 Å². The second-order valence-electron chi connectivity index (χ2n) is 9.22. The summed E-state index contributed by atoms with van der Waals surface area (Å²) in [7, 11) is 0. The van der Waals surface area contributed by atoms with Gasteiger partial charge in [-0.15, -0.1) is 10.2 Å². The monoisotopic (exact) mass is 548 g/mol. The normalized spacial score (nSPS) is 11.0. The summed E-state index contributed by atoms with van der Waals surface area (Å²) in [5.74, 6) is 0.470. The molecule has 5 aromatic rings. The van der Waals surface area contributed by atoms with Gasteiger partial charge in [-0.25, -0.2) is 9.18 Å². The van der Waals surface area contributed by atoms with Crippen molar-refractivity contribution in [2.24, 2.45) is 0 Å². The zero-order valence-electron chi connectivity index (χ0n) is 22.5. The van der Waals surface area contributed by atoms with Crippen molar-refractivity contribution in [2.45, 2.75) is 19.8 Å². The molecule has 8 nitrogen and oxygen atoms in total. The maximum atomic E-state index is 14.2. The van der Waals surface area contributed by atoms with Gasteiger partial charge in [0.2, 0.25) is 5.82 Å². The number of benzene rings is 4. The minimum absolute atomic E-state index is 0.0747. The van der Waals surface area contributed by atoms with Gasteiger partial charge in [0.05, 0.1) is 18.0 Å². The van der Waals surface area contributed by atoms with E-state index in [2.05, 4.69) is 37.3 Å². The fourth-order valence-corrected chi connectivity index (χ4v) is 4.39. The Bertz CT molecular complexity index is 1640. The third kappa shape index (κ3) is 6.83. The van der Waals surface area contributed by atoms with Crippen LogP contribution in [0.1, 0.15) is 24.5 Å². The van der Waals surface area contributed by atoms with Crippen LogP contribution in [0.25, 0.3) is 28.6 Å². The number of rotatable bonds is 10. The fraction of sp³-hybridized carbons (Fsp3) is 0.125. The van der Waals surface area contributed by atoms with Crippen LogP contribution in [0, 0.1) is 5.82 Å². The number of nitrogens with zero attached hydrogens (tertiary/aromatic N) is 3. The lowest BCUT2D eigenvalue weighted by Crippen LogP contribution is -2.21. The number of carbonyl (C=O) groups excluding carboxylic acids is 1. The molecule has 4 aromatic carbocycles. The van der Waals surface area contributed by atoms with Crippen LogP contribution < -0.4 is 15.4 Å². The summed E-state index contributed by atoms with van der Waals surface area (Å²) in [4.78, 5) is 13.1. The maximum Gasteiger partial charge on any atom is 0.323 e. The first kappa shape index (κ1) is 27.3. The van der Waals surface area contributed by atoms with Crippen molar-refractivity contribution in [1.82, 2.24) is 20.6 Å². The van der Waals surface area contributed by atoms with E-state index in [1.165, 1.54) is 12.1 Å². The van der Waals surface area contributed by atoms with Crippen molar-refractivity contribution in [3.8, 4) is 28.3 Å². The number of anilines is 2. The number of urea groups is 1. The Kier molecular flexibility index (Phi) is 8.75. The summed E-state index contributed by atoms with van der Waals surface area (Å²) in [6.07, 6.45) is 5.42. The van der Waals surface area contributed by atoms with E-state index in [4.69, 9.17) is 4.74 Å². The lowest BCUT2D eigenvalue weighted by Gasteiger charge is -2.19. The first-order chi connectivity index (χ1) is 20.1. The molecule has 0 saturated heterocycles. The van der Waals surface area contributed by atoms with Crippen LogP contribution in [-0.4, -0.2) is 33.3 Å². The van der Waals surface area contributed by atoms with Gasteiger partial charge in [0.25, 0.3) is 0 Å². The molecule has 0 aliphatic carbocycles. The first-order valence-electron chi connectivity index (χ1n) is 13.3. The van der Waals surface area contributed by atoms with Gasteiger partial charge in [0, 0.05) is 11.1 Å². The predicted octanol–water partition coefficient (Wildman–Crippen LogP) is 7.36. The molecule has 0 fully saturated rings. The van der Waals surface area contributed by atoms with Crippen molar-refractivity contribution < 1.29 is 13.9 Å². The third-order valence-electron chi connectivity index (χ3n) is 6.26. The highest BCUT2D eigenvalue weighted by Crippen LogP contribution is 2.38. The Labute approximate surface area is 237 Å². The molecule has 5 rings (SSSR count). The molecule has 0 unspecified atom stereocenters. The third-order valence-corrected chi connectivity index (χ3v) is 6.26. The number of amides is 2. The van der Waals surface area contributed by atoms with Gasteiger partial charge in [0.1, 0.15) is 11.6 Å². The van der Waals surface area contributed by atoms with Crippen molar-refractivity contribution in [2.75, 3.05) is 17.2 Å². The number of H-pyrrole nitrogens is 1. The number of hydrogen-bond acceptors (Lipinski definition) is 5. The molecule has 0 radical (unpaired) electrons. The molecule has 3 N–H and O–H groups in total. The number of ether oxygens (including phenoxy) is 1. The molecule has 0 aliphatic heterocycles. The van der Waals surface area contributed by atoms with E-state index in [0.29, 0.717) is 30.3 Å². The lowest BCUT2D eigenvalue weighted by molar-refractivity contribution is 0.261. The summed E-state index contributed by atoms with van der Waals surface area (Å²) in [6, 6.07) is 27.0. The minimum Gasteiger partial charge on any atom is -0.491 e. The number of allylic oxidation sites excluding steroid dienone is 1. The molecule has 41 heavy (non-hydrogen) atoms. The Balaban J connectivity index is 1.57. The smallest absolute Gasteiger partial charge is 0.323 e. The standard InChI is InChI=1S/C32H29FN6O2/c1-2-19-41-30-23(14-10-13-22-11-4-3-5-12-22)20-24(25-15-6-7-16-26(25)31-36-38-39-37-31)21-29(30)35-32(40)34-28-18-9-8-17-27(28)33/h3-13,15-18,20-21H,2,14,19H2,1H3,(H2,34,35,40)(H,36,37,38,39). The van der Waals surface area contributed by atoms with Crippen LogP contribution in [0.3, 0.4) is 0 Å². The average molecular weight is 549 g/mol. The SMILES string of the molecule is CCCOc1c(CC=Cc2ccccc2)cc(-c2ccccc2-c2nn[nH]n2)cc1NC(=O)Nc1ccccc1F. The van der Waals surface area contributed by atoms with Gasteiger partial charge >= 0.3 is 6.03 Å². The number of aromatic amines is 1. The van der Waals surface area contributed by atoms with Crippen LogP contribution >= 0.6 is 0 Å². The molecule has 9 heteroatoms. The van der Waals surface area contributed by atoms with Crippen LogP contribution in [-0.2, 0) is 6.42 Å².